The number of anilines is 1. The van der Waals surface area contributed by atoms with Crippen molar-refractivity contribution in [3.8, 4) is 0 Å². The van der Waals surface area contributed by atoms with Crippen LogP contribution >= 0.6 is 0 Å². The number of rotatable bonds is 5. The summed E-state index contributed by atoms with van der Waals surface area (Å²) in [4.78, 5) is 7.22. The molecule has 0 bridgehead atoms. The summed E-state index contributed by atoms with van der Waals surface area (Å²) in [5.41, 5.74) is 2.45. The van der Waals surface area contributed by atoms with Gasteiger partial charge in [0.25, 0.3) is 0 Å². The van der Waals surface area contributed by atoms with Gasteiger partial charge in [-0.05, 0) is 51.4 Å². The normalized spacial score (nSPS) is 16.2. The maximum atomic E-state index is 4.73. The molecule has 0 radical (unpaired) electrons. The Kier molecular flexibility index (Phi) is 4.59. The molecular weight excluding hydrogens is 222 g/mol. The fourth-order valence-corrected chi connectivity index (χ4v) is 3.00. The number of pyridine rings is 1. The van der Waals surface area contributed by atoms with Crippen LogP contribution in [0, 0.1) is 6.92 Å². The van der Waals surface area contributed by atoms with Crippen LogP contribution in [-0.4, -0.2) is 24.6 Å². The van der Waals surface area contributed by atoms with Gasteiger partial charge in [-0.15, -0.1) is 0 Å². The second-order valence-corrected chi connectivity index (χ2v) is 5.23. The summed E-state index contributed by atoms with van der Waals surface area (Å²) in [6.07, 6.45) is 5.39. The van der Waals surface area contributed by atoms with Crippen LogP contribution in [0.25, 0.3) is 0 Å². The van der Waals surface area contributed by atoms with Crippen molar-refractivity contribution in [3.05, 3.63) is 23.4 Å². The van der Waals surface area contributed by atoms with E-state index in [0.29, 0.717) is 6.04 Å². The van der Waals surface area contributed by atoms with E-state index in [1.54, 1.807) is 0 Å². The zero-order chi connectivity index (χ0) is 13.0. The van der Waals surface area contributed by atoms with Crippen molar-refractivity contribution in [2.45, 2.75) is 52.1 Å². The van der Waals surface area contributed by atoms with Crippen molar-refractivity contribution < 1.29 is 0 Å². The average molecular weight is 247 g/mol. The first-order valence-corrected chi connectivity index (χ1v) is 7.13. The fourth-order valence-electron chi connectivity index (χ4n) is 3.00. The fraction of sp³-hybridized carbons (Fsp3) is 0.667. The van der Waals surface area contributed by atoms with Gasteiger partial charge in [0, 0.05) is 24.8 Å². The summed E-state index contributed by atoms with van der Waals surface area (Å²) < 4.78 is 0. The van der Waals surface area contributed by atoms with Crippen molar-refractivity contribution in [1.82, 2.24) is 10.3 Å². The van der Waals surface area contributed by atoms with E-state index in [1.807, 2.05) is 7.05 Å². The van der Waals surface area contributed by atoms with E-state index in [-0.39, 0.29) is 0 Å². The molecule has 1 aliphatic rings. The molecule has 1 heterocycles. The largest absolute Gasteiger partial charge is 0.354 e. The molecule has 18 heavy (non-hydrogen) atoms. The molecule has 0 saturated heterocycles. The molecule has 1 N–H and O–H groups in total. The number of hydrogen-bond donors (Lipinski definition) is 1. The molecule has 0 amide bonds. The Morgan fingerprint density at radius 2 is 2.06 bits per heavy atom. The molecule has 1 aromatic heterocycles. The Bertz CT molecular complexity index is 383. The van der Waals surface area contributed by atoms with Gasteiger partial charge in [0.15, 0.2) is 0 Å². The van der Waals surface area contributed by atoms with Crippen molar-refractivity contribution in [2.24, 2.45) is 0 Å². The zero-order valence-electron chi connectivity index (χ0n) is 11.9. The van der Waals surface area contributed by atoms with Gasteiger partial charge in [-0.3, -0.25) is 0 Å². The van der Waals surface area contributed by atoms with E-state index < -0.39 is 0 Å². The van der Waals surface area contributed by atoms with Crippen LogP contribution in [0.4, 0.5) is 5.82 Å². The van der Waals surface area contributed by atoms with Crippen LogP contribution in [0.5, 0.6) is 0 Å². The molecule has 0 aliphatic heterocycles. The molecule has 1 aromatic rings. The maximum absolute atomic E-state index is 4.73. The second-order valence-electron chi connectivity index (χ2n) is 5.23. The SMILES string of the molecule is CCN(c1cc(CNC)cc(C)n1)C1CCCC1. The van der Waals surface area contributed by atoms with Gasteiger partial charge < -0.3 is 10.2 Å². The Hall–Kier alpha value is -1.09. The minimum absolute atomic E-state index is 0.701. The third kappa shape index (κ3) is 3.02. The predicted molar refractivity (Wildman–Crippen MR) is 77.0 cm³/mol. The molecule has 0 aromatic carbocycles. The topological polar surface area (TPSA) is 28.2 Å². The lowest BCUT2D eigenvalue weighted by atomic mass is 10.1. The standard InChI is InChI=1S/C15H25N3/c1-4-18(14-7-5-6-8-14)15-10-13(11-16-3)9-12(2)17-15/h9-10,14,16H,4-8,11H2,1-3H3. The van der Waals surface area contributed by atoms with Gasteiger partial charge in [-0.2, -0.15) is 0 Å². The Morgan fingerprint density at radius 3 is 2.67 bits per heavy atom. The van der Waals surface area contributed by atoms with Crippen LogP contribution < -0.4 is 10.2 Å². The molecule has 100 valence electrons. The highest BCUT2D eigenvalue weighted by molar-refractivity contribution is 5.44. The van der Waals surface area contributed by atoms with Gasteiger partial charge >= 0.3 is 0 Å². The summed E-state index contributed by atoms with van der Waals surface area (Å²) in [6, 6.07) is 5.11. The lowest BCUT2D eigenvalue weighted by Crippen LogP contribution is -2.33. The second kappa shape index (κ2) is 6.19. The molecule has 0 atom stereocenters. The lowest BCUT2D eigenvalue weighted by molar-refractivity contribution is 0.611. The van der Waals surface area contributed by atoms with E-state index in [0.717, 1.165) is 24.6 Å². The minimum atomic E-state index is 0.701. The van der Waals surface area contributed by atoms with Crippen LogP contribution in [0.2, 0.25) is 0 Å². The monoisotopic (exact) mass is 247 g/mol. The highest BCUT2D eigenvalue weighted by Crippen LogP contribution is 2.27. The van der Waals surface area contributed by atoms with Crippen molar-refractivity contribution in [3.63, 3.8) is 0 Å². The Morgan fingerprint density at radius 1 is 1.33 bits per heavy atom. The molecule has 2 rings (SSSR count). The number of aromatic nitrogens is 1. The number of nitrogens with one attached hydrogen (secondary N) is 1. The molecule has 3 nitrogen and oxygen atoms in total. The summed E-state index contributed by atoms with van der Waals surface area (Å²) in [5, 5.41) is 3.22. The van der Waals surface area contributed by atoms with Crippen LogP contribution in [-0.2, 0) is 6.54 Å². The summed E-state index contributed by atoms with van der Waals surface area (Å²) in [5.74, 6) is 1.16. The lowest BCUT2D eigenvalue weighted by Gasteiger charge is -2.29. The predicted octanol–water partition coefficient (Wildman–Crippen LogP) is 2.88. The zero-order valence-corrected chi connectivity index (χ0v) is 11.9. The smallest absolute Gasteiger partial charge is 0.129 e. The summed E-state index contributed by atoms with van der Waals surface area (Å²) in [6.45, 7) is 6.30. The molecule has 1 aliphatic carbocycles. The quantitative estimate of drug-likeness (QED) is 0.867. The van der Waals surface area contributed by atoms with Crippen LogP contribution in [0.3, 0.4) is 0 Å². The number of hydrogen-bond acceptors (Lipinski definition) is 3. The average Bonchev–Trinajstić information content (AvgIpc) is 2.83. The van der Waals surface area contributed by atoms with Gasteiger partial charge in [-0.25, -0.2) is 4.98 Å². The first kappa shape index (κ1) is 13.3. The third-order valence-corrected chi connectivity index (χ3v) is 3.78. The van der Waals surface area contributed by atoms with Crippen LogP contribution in [0.15, 0.2) is 12.1 Å². The molecule has 1 fully saturated rings. The maximum Gasteiger partial charge on any atom is 0.129 e. The third-order valence-electron chi connectivity index (χ3n) is 3.78. The van der Waals surface area contributed by atoms with Gasteiger partial charge in [0.2, 0.25) is 0 Å². The number of nitrogens with zero attached hydrogens (tertiary/aromatic N) is 2. The molecule has 0 spiro atoms. The highest BCUT2D eigenvalue weighted by Gasteiger charge is 2.22. The van der Waals surface area contributed by atoms with Gasteiger partial charge in [0.05, 0.1) is 0 Å². The summed E-state index contributed by atoms with van der Waals surface area (Å²) in [7, 11) is 1.99. The van der Waals surface area contributed by atoms with Crippen molar-refractivity contribution >= 4 is 5.82 Å². The highest BCUT2D eigenvalue weighted by atomic mass is 15.2. The molecule has 3 heteroatoms. The van der Waals surface area contributed by atoms with Crippen LogP contribution in [0.1, 0.15) is 43.9 Å². The van der Waals surface area contributed by atoms with E-state index in [2.05, 4.69) is 36.2 Å². The first-order valence-electron chi connectivity index (χ1n) is 7.13. The Balaban J connectivity index is 2.23. The van der Waals surface area contributed by atoms with Gasteiger partial charge in [0.1, 0.15) is 5.82 Å². The summed E-state index contributed by atoms with van der Waals surface area (Å²) >= 11 is 0. The minimum Gasteiger partial charge on any atom is -0.354 e. The Labute approximate surface area is 111 Å². The van der Waals surface area contributed by atoms with E-state index >= 15 is 0 Å². The molecular formula is C15H25N3. The van der Waals surface area contributed by atoms with E-state index in [1.165, 1.54) is 31.2 Å². The first-order chi connectivity index (χ1) is 8.74. The van der Waals surface area contributed by atoms with Crippen molar-refractivity contribution in [1.29, 1.82) is 0 Å². The molecule has 1 saturated carbocycles. The van der Waals surface area contributed by atoms with E-state index in [4.69, 9.17) is 4.98 Å². The number of aryl methyl sites for hydroxylation is 1. The van der Waals surface area contributed by atoms with Gasteiger partial charge in [-0.1, -0.05) is 12.8 Å². The molecule has 0 unspecified atom stereocenters. The van der Waals surface area contributed by atoms with Crippen molar-refractivity contribution in [2.75, 3.05) is 18.5 Å². The van der Waals surface area contributed by atoms with E-state index in [9.17, 15) is 0 Å².